The van der Waals surface area contributed by atoms with Crippen molar-refractivity contribution in [3.8, 4) is 0 Å². The second-order valence-electron chi connectivity index (χ2n) is 5.09. The smallest absolute Gasteiger partial charge is 0.261 e. The van der Waals surface area contributed by atoms with E-state index >= 15 is 0 Å². The average Bonchev–Trinajstić information content (AvgIpc) is 3.15. The summed E-state index contributed by atoms with van der Waals surface area (Å²) in [6, 6.07) is 11.8. The van der Waals surface area contributed by atoms with Crippen LogP contribution >= 0.6 is 0 Å². The lowest BCUT2D eigenvalue weighted by Crippen LogP contribution is -2.42. The van der Waals surface area contributed by atoms with Crippen LogP contribution < -0.4 is 0 Å². The molecule has 0 radical (unpaired) electrons. The van der Waals surface area contributed by atoms with Crippen LogP contribution in [0.5, 0.6) is 0 Å². The average molecular weight is 285 g/mol. The van der Waals surface area contributed by atoms with Crippen LogP contribution in [0.1, 0.15) is 17.4 Å². The van der Waals surface area contributed by atoms with Crippen molar-refractivity contribution in [3.05, 3.63) is 82.8 Å². The molecule has 0 unspecified atom stereocenters. The number of nitrogens with zero attached hydrogens (tertiary/aromatic N) is 1. The highest BCUT2D eigenvalue weighted by atomic mass is 16.6. The van der Waals surface area contributed by atoms with Gasteiger partial charge in [-0.3, -0.25) is 10.1 Å². The molecule has 1 saturated heterocycles. The number of rotatable bonds is 4. The van der Waals surface area contributed by atoms with Crippen LogP contribution in [0.15, 0.2) is 65.8 Å². The van der Waals surface area contributed by atoms with Crippen molar-refractivity contribution >= 4 is 0 Å². The third-order valence-electron chi connectivity index (χ3n) is 4.04. The van der Waals surface area contributed by atoms with Gasteiger partial charge in [0.05, 0.1) is 12.9 Å². The highest BCUT2D eigenvalue weighted by molar-refractivity contribution is 5.35. The quantitative estimate of drug-likeness (QED) is 0.492. The monoisotopic (exact) mass is 285 g/mol. The Morgan fingerprint density at radius 2 is 2.05 bits per heavy atom. The van der Waals surface area contributed by atoms with Crippen molar-refractivity contribution in [3.63, 3.8) is 0 Å². The van der Waals surface area contributed by atoms with Crippen molar-refractivity contribution in [2.24, 2.45) is 0 Å². The third kappa shape index (κ3) is 2.06. The number of hydrogen-bond acceptors (Lipinski definition) is 4. The Bertz CT molecular complexity index is 638. The molecule has 0 spiro atoms. The predicted octanol–water partition coefficient (Wildman–Crippen LogP) is 3.12. The lowest BCUT2D eigenvalue weighted by Gasteiger charge is -2.26. The van der Waals surface area contributed by atoms with Crippen molar-refractivity contribution in [2.45, 2.75) is 17.6 Å². The van der Waals surface area contributed by atoms with Crippen LogP contribution in [-0.4, -0.2) is 17.6 Å². The summed E-state index contributed by atoms with van der Waals surface area (Å²) in [5.41, 5.74) is -0.0295. The number of furan rings is 1. The van der Waals surface area contributed by atoms with Gasteiger partial charge in [-0.05, 0) is 17.7 Å². The Kier molecular flexibility index (Phi) is 3.35. The molecule has 0 aliphatic carbocycles. The zero-order valence-electron chi connectivity index (χ0n) is 11.3. The standard InChI is InChI=1S/C16H15NO4/c1-2-16(12-7-4-3-5-8-12)11-21-14(15(16)17(18)19)13-9-6-10-20-13/h2-10,14-15H,1,11H2/t14-,15-,16+/m0/s1. The van der Waals surface area contributed by atoms with E-state index < -0.39 is 17.6 Å². The van der Waals surface area contributed by atoms with E-state index in [1.54, 1.807) is 18.2 Å². The fraction of sp³-hybridized carbons (Fsp3) is 0.250. The van der Waals surface area contributed by atoms with E-state index in [1.807, 2.05) is 30.3 Å². The van der Waals surface area contributed by atoms with E-state index in [-0.39, 0.29) is 11.5 Å². The summed E-state index contributed by atoms with van der Waals surface area (Å²) in [5.74, 6) is 0.469. The van der Waals surface area contributed by atoms with Gasteiger partial charge in [-0.1, -0.05) is 36.4 Å². The summed E-state index contributed by atoms with van der Waals surface area (Å²) >= 11 is 0. The highest BCUT2D eigenvalue weighted by Gasteiger charge is 2.58. The molecule has 108 valence electrons. The van der Waals surface area contributed by atoms with Crippen molar-refractivity contribution in [2.75, 3.05) is 6.61 Å². The number of hydrogen-bond donors (Lipinski definition) is 0. The zero-order valence-corrected chi connectivity index (χ0v) is 11.3. The summed E-state index contributed by atoms with van der Waals surface area (Å²) in [5, 5.41) is 11.7. The van der Waals surface area contributed by atoms with Crippen LogP contribution in [0.25, 0.3) is 0 Å². The molecule has 0 saturated carbocycles. The molecule has 5 nitrogen and oxygen atoms in total. The topological polar surface area (TPSA) is 65.5 Å². The Morgan fingerprint density at radius 1 is 1.29 bits per heavy atom. The van der Waals surface area contributed by atoms with E-state index in [4.69, 9.17) is 9.15 Å². The SMILES string of the molecule is C=C[C@]1(c2ccccc2)CO[C@@H](c2ccco2)[C@@H]1[N+](=O)[O-]. The molecule has 0 bridgehead atoms. The maximum Gasteiger partial charge on any atom is 0.261 e. The van der Waals surface area contributed by atoms with E-state index in [2.05, 4.69) is 6.58 Å². The van der Waals surface area contributed by atoms with E-state index in [0.717, 1.165) is 5.56 Å². The summed E-state index contributed by atoms with van der Waals surface area (Å²) in [6.45, 7) is 4.03. The van der Waals surface area contributed by atoms with Crippen LogP contribution in [0.4, 0.5) is 0 Å². The van der Waals surface area contributed by atoms with Gasteiger partial charge in [0.15, 0.2) is 6.10 Å². The first-order valence-corrected chi connectivity index (χ1v) is 6.66. The molecular weight excluding hydrogens is 270 g/mol. The van der Waals surface area contributed by atoms with E-state index in [0.29, 0.717) is 5.76 Å². The van der Waals surface area contributed by atoms with Crippen molar-refractivity contribution < 1.29 is 14.1 Å². The van der Waals surface area contributed by atoms with Gasteiger partial charge in [0.1, 0.15) is 11.2 Å². The molecule has 2 aromatic rings. The van der Waals surface area contributed by atoms with Gasteiger partial charge in [0.25, 0.3) is 6.04 Å². The van der Waals surface area contributed by atoms with Crippen LogP contribution in [0.2, 0.25) is 0 Å². The molecule has 1 aromatic carbocycles. The first-order chi connectivity index (χ1) is 10.2. The molecule has 1 aliphatic rings. The Labute approximate surface area is 122 Å². The first-order valence-electron chi connectivity index (χ1n) is 6.66. The Balaban J connectivity index is 2.09. The van der Waals surface area contributed by atoms with Crippen LogP contribution in [-0.2, 0) is 10.2 Å². The minimum Gasteiger partial charge on any atom is -0.466 e. The second kappa shape index (κ2) is 5.18. The summed E-state index contributed by atoms with van der Waals surface area (Å²) in [7, 11) is 0. The lowest BCUT2D eigenvalue weighted by atomic mass is 9.74. The molecule has 2 heterocycles. The minimum atomic E-state index is -0.969. The third-order valence-corrected chi connectivity index (χ3v) is 4.04. The molecule has 1 fully saturated rings. The maximum absolute atomic E-state index is 11.7. The van der Waals surface area contributed by atoms with E-state index in [1.165, 1.54) is 6.26 Å². The van der Waals surface area contributed by atoms with E-state index in [9.17, 15) is 10.1 Å². The van der Waals surface area contributed by atoms with Gasteiger partial charge >= 0.3 is 0 Å². The largest absolute Gasteiger partial charge is 0.466 e. The fourth-order valence-corrected chi connectivity index (χ4v) is 2.96. The van der Waals surface area contributed by atoms with Crippen molar-refractivity contribution in [1.82, 2.24) is 0 Å². The maximum atomic E-state index is 11.7. The summed E-state index contributed by atoms with van der Waals surface area (Å²) in [6.07, 6.45) is 2.40. The van der Waals surface area contributed by atoms with Gasteiger partial charge in [-0.15, -0.1) is 6.58 Å². The normalized spacial score (nSPS) is 28.4. The molecule has 0 N–H and O–H groups in total. The molecular formula is C16H15NO4. The molecule has 1 aromatic heterocycles. The molecule has 0 amide bonds. The van der Waals surface area contributed by atoms with Crippen LogP contribution in [0.3, 0.4) is 0 Å². The fourth-order valence-electron chi connectivity index (χ4n) is 2.96. The predicted molar refractivity (Wildman–Crippen MR) is 76.5 cm³/mol. The van der Waals surface area contributed by atoms with Gasteiger partial charge in [-0.25, -0.2) is 0 Å². The highest BCUT2D eigenvalue weighted by Crippen LogP contribution is 2.45. The second-order valence-corrected chi connectivity index (χ2v) is 5.09. The number of nitro groups is 1. The molecule has 5 heteroatoms. The summed E-state index contributed by atoms with van der Waals surface area (Å²) in [4.78, 5) is 11.4. The van der Waals surface area contributed by atoms with Gasteiger partial charge in [0.2, 0.25) is 0 Å². The Morgan fingerprint density at radius 3 is 2.62 bits per heavy atom. The summed E-state index contributed by atoms with van der Waals surface area (Å²) < 4.78 is 11.0. The van der Waals surface area contributed by atoms with Gasteiger partial charge < -0.3 is 9.15 Å². The molecule has 21 heavy (non-hydrogen) atoms. The lowest BCUT2D eigenvalue weighted by molar-refractivity contribution is -0.536. The van der Waals surface area contributed by atoms with Crippen LogP contribution in [0, 0.1) is 10.1 Å². The first kappa shape index (κ1) is 13.6. The minimum absolute atomic E-state index is 0.206. The molecule has 1 aliphatic heterocycles. The van der Waals surface area contributed by atoms with Gasteiger partial charge in [-0.2, -0.15) is 0 Å². The molecule has 3 rings (SSSR count). The zero-order chi connectivity index (χ0) is 14.9. The number of ether oxygens (including phenoxy) is 1. The number of benzene rings is 1. The Hall–Kier alpha value is -2.40. The van der Waals surface area contributed by atoms with Crippen molar-refractivity contribution in [1.29, 1.82) is 0 Å². The van der Waals surface area contributed by atoms with Gasteiger partial charge in [0, 0.05) is 4.92 Å². The molecule has 3 atom stereocenters.